The van der Waals surface area contributed by atoms with Gasteiger partial charge in [0.2, 0.25) is 0 Å². The molecular weight excluding hydrogens is 508 g/mol. The van der Waals surface area contributed by atoms with E-state index in [4.69, 9.17) is 4.43 Å². The van der Waals surface area contributed by atoms with Gasteiger partial charge in [-0.3, -0.25) is 9.69 Å². The molecule has 5 heteroatoms. The van der Waals surface area contributed by atoms with Crippen LogP contribution in [0.5, 0.6) is 0 Å². The SMILES string of the molecule is CC1(C)CN(c2ccc(C#Cc3ccccc3)cn2)C(=O)[C@H]1O[Si](c1ccccc1)(c1ccccc1)C(C)(C)C. The number of carbonyl (C=O) groups is 1. The third-order valence-electron chi connectivity index (χ3n) is 7.63. The summed E-state index contributed by atoms with van der Waals surface area (Å²) in [7, 11) is -2.91. The van der Waals surface area contributed by atoms with Crippen LogP contribution in [0.25, 0.3) is 0 Å². The molecule has 1 fully saturated rings. The van der Waals surface area contributed by atoms with Crippen LogP contribution < -0.4 is 15.3 Å². The first kappa shape index (κ1) is 27.6. The molecule has 0 unspecified atom stereocenters. The van der Waals surface area contributed by atoms with E-state index in [2.05, 4.69) is 100.0 Å². The van der Waals surface area contributed by atoms with Gasteiger partial charge < -0.3 is 4.43 Å². The summed E-state index contributed by atoms with van der Waals surface area (Å²) >= 11 is 0. The van der Waals surface area contributed by atoms with Gasteiger partial charge in [0, 0.05) is 29.3 Å². The second-order valence-electron chi connectivity index (χ2n) is 12.1. The molecule has 5 rings (SSSR count). The van der Waals surface area contributed by atoms with Crippen LogP contribution in [0.4, 0.5) is 5.82 Å². The number of rotatable bonds is 5. The number of aromatic nitrogens is 1. The Labute approximate surface area is 239 Å². The average Bonchev–Trinajstić information content (AvgIpc) is 3.19. The molecule has 0 aliphatic carbocycles. The lowest BCUT2D eigenvalue weighted by molar-refractivity contribution is -0.125. The Bertz CT molecular complexity index is 1480. The Hall–Kier alpha value is -3.98. The average molecular weight is 545 g/mol. The van der Waals surface area contributed by atoms with Crippen LogP contribution in [0, 0.1) is 17.3 Å². The Kier molecular flexibility index (Phi) is 7.50. The van der Waals surface area contributed by atoms with Crippen LogP contribution in [0.1, 0.15) is 45.7 Å². The molecule has 202 valence electrons. The van der Waals surface area contributed by atoms with Gasteiger partial charge in [-0.1, -0.05) is 125 Å². The third kappa shape index (κ3) is 5.25. The van der Waals surface area contributed by atoms with Crippen molar-refractivity contribution in [1.82, 2.24) is 4.98 Å². The molecule has 0 spiro atoms. The molecule has 1 aromatic heterocycles. The van der Waals surface area contributed by atoms with E-state index < -0.39 is 19.8 Å². The quantitative estimate of drug-likeness (QED) is 0.236. The van der Waals surface area contributed by atoms with Gasteiger partial charge in [-0.25, -0.2) is 4.98 Å². The van der Waals surface area contributed by atoms with Gasteiger partial charge in [-0.15, -0.1) is 0 Å². The molecular formula is C35H36N2O2Si. The zero-order chi connectivity index (χ0) is 28.4. The lowest BCUT2D eigenvalue weighted by Crippen LogP contribution is -2.69. The van der Waals surface area contributed by atoms with Crippen LogP contribution in [0.2, 0.25) is 5.04 Å². The summed E-state index contributed by atoms with van der Waals surface area (Å²) in [5, 5.41) is 2.10. The number of hydrogen-bond acceptors (Lipinski definition) is 3. The summed E-state index contributed by atoms with van der Waals surface area (Å²) in [6.07, 6.45) is 1.13. The number of hydrogen-bond donors (Lipinski definition) is 0. The largest absolute Gasteiger partial charge is 0.395 e. The topological polar surface area (TPSA) is 42.4 Å². The summed E-state index contributed by atoms with van der Waals surface area (Å²) < 4.78 is 7.32. The van der Waals surface area contributed by atoms with E-state index in [0.29, 0.717) is 12.4 Å². The molecule has 3 aromatic carbocycles. The Balaban J connectivity index is 1.49. The molecule has 2 heterocycles. The lowest BCUT2D eigenvalue weighted by atomic mass is 9.90. The highest BCUT2D eigenvalue weighted by Gasteiger charge is 2.57. The fourth-order valence-electron chi connectivity index (χ4n) is 5.60. The molecule has 40 heavy (non-hydrogen) atoms. The van der Waals surface area contributed by atoms with Gasteiger partial charge >= 0.3 is 0 Å². The van der Waals surface area contributed by atoms with Gasteiger partial charge in [-0.05, 0) is 39.7 Å². The number of nitrogens with zero attached hydrogens (tertiary/aromatic N) is 2. The first-order chi connectivity index (χ1) is 19.1. The number of benzene rings is 3. The minimum absolute atomic E-state index is 0.0476. The van der Waals surface area contributed by atoms with Crippen LogP contribution in [0.15, 0.2) is 109 Å². The zero-order valence-electron chi connectivity index (χ0n) is 23.9. The second-order valence-corrected chi connectivity index (χ2v) is 16.3. The van der Waals surface area contributed by atoms with E-state index in [1.54, 1.807) is 11.1 Å². The van der Waals surface area contributed by atoms with Crippen molar-refractivity contribution in [3.63, 3.8) is 0 Å². The van der Waals surface area contributed by atoms with E-state index >= 15 is 0 Å². The number of pyridine rings is 1. The number of carbonyl (C=O) groups excluding carboxylic acids is 1. The number of amides is 1. The summed E-state index contributed by atoms with van der Waals surface area (Å²) in [6, 6.07) is 34.6. The fourth-order valence-corrected chi connectivity index (χ4v) is 10.4. The van der Waals surface area contributed by atoms with Crippen LogP contribution in [-0.2, 0) is 9.22 Å². The van der Waals surface area contributed by atoms with Crippen molar-refractivity contribution in [1.29, 1.82) is 0 Å². The van der Waals surface area contributed by atoms with E-state index in [0.717, 1.165) is 21.5 Å². The molecule has 4 aromatic rings. The molecule has 0 radical (unpaired) electrons. The third-order valence-corrected chi connectivity index (χ3v) is 12.6. The summed E-state index contributed by atoms with van der Waals surface area (Å²) in [6.45, 7) is 11.5. The maximum atomic E-state index is 14.1. The van der Waals surface area contributed by atoms with Gasteiger partial charge in [-0.2, -0.15) is 0 Å². The Morgan fingerprint density at radius 3 is 1.82 bits per heavy atom. The van der Waals surface area contributed by atoms with Crippen molar-refractivity contribution >= 4 is 30.4 Å². The highest BCUT2D eigenvalue weighted by molar-refractivity contribution is 6.99. The minimum atomic E-state index is -2.91. The first-order valence-electron chi connectivity index (χ1n) is 13.8. The van der Waals surface area contributed by atoms with Crippen molar-refractivity contribution < 1.29 is 9.22 Å². The summed E-state index contributed by atoms with van der Waals surface area (Å²) in [5.74, 6) is 6.90. The van der Waals surface area contributed by atoms with Gasteiger partial charge in [0.25, 0.3) is 14.2 Å². The summed E-state index contributed by atoms with van der Waals surface area (Å²) in [4.78, 5) is 20.6. The fraction of sp³-hybridized carbons (Fsp3) is 0.257. The molecule has 1 amide bonds. The molecule has 1 atom stereocenters. The highest BCUT2D eigenvalue weighted by atomic mass is 28.4. The van der Waals surface area contributed by atoms with E-state index in [1.165, 1.54) is 0 Å². The summed E-state index contributed by atoms with van der Waals surface area (Å²) in [5.41, 5.74) is 1.34. The van der Waals surface area contributed by atoms with Crippen LogP contribution >= 0.6 is 0 Å². The smallest absolute Gasteiger partial charge is 0.262 e. The molecule has 0 bridgehead atoms. The van der Waals surface area contributed by atoms with Crippen molar-refractivity contribution in [2.75, 3.05) is 11.4 Å². The normalized spacial score (nSPS) is 16.9. The molecule has 1 aliphatic heterocycles. The van der Waals surface area contributed by atoms with Gasteiger partial charge in [0.15, 0.2) is 0 Å². The lowest BCUT2D eigenvalue weighted by Gasteiger charge is -2.45. The minimum Gasteiger partial charge on any atom is -0.395 e. The van der Waals surface area contributed by atoms with Crippen molar-refractivity contribution in [2.45, 2.75) is 45.8 Å². The predicted octanol–water partition coefficient (Wildman–Crippen LogP) is 5.80. The van der Waals surface area contributed by atoms with E-state index in [9.17, 15) is 4.79 Å². The monoisotopic (exact) mass is 544 g/mol. The standard InChI is InChI=1S/C35H36N2O2Si/c1-34(2,3)40(29-17-11-7-12-18-29,30-19-13-8-14-20-30)39-32-33(38)37(26-35(32,4)5)31-24-23-28(25-36-31)22-21-27-15-9-6-10-16-27/h6-20,23-25,32H,26H2,1-5H3/t32-/m1/s1. The van der Waals surface area contributed by atoms with E-state index in [1.807, 2.05) is 54.6 Å². The molecule has 0 N–H and O–H groups in total. The molecule has 4 nitrogen and oxygen atoms in total. The van der Waals surface area contributed by atoms with E-state index in [-0.39, 0.29) is 10.9 Å². The maximum Gasteiger partial charge on any atom is 0.262 e. The zero-order valence-corrected chi connectivity index (χ0v) is 24.9. The molecule has 0 saturated carbocycles. The second kappa shape index (κ2) is 10.9. The predicted molar refractivity (Wildman–Crippen MR) is 165 cm³/mol. The Morgan fingerprint density at radius 2 is 1.32 bits per heavy atom. The van der Waals surface area contributed by atoms with Crippen molar-refractivity contribution in [2.24, 2.45) is 5.41 Å². The molecule has 1 saturated heterocycles. The number of anilines is 1. The van der Waals surface area contributed by atoms with Gasteiger partial charge in [0.1, 0.15) is 11.9 Å². The van der Waals surface area contributed by atoms with Crippen LogP contribution in [0.3, 0.4) is 0 Å². The molecule has 1 aliphatic rings. The van der Waals surface area contributed by atoms with Crippen molar-refractivity contribution in [3.05, 3.63) is 120 Å². The first-order valence-corrected chi connectivity index (χ1v) is 15.7. The maximum absolute atomic E-state index is 14.1. The van der Waals surface area contributed by atoms with Crippen LogP contribution in [-0.4, -0.2) is 31.9 Å². The highest BCUT2D eigenvalue weighted by Crippen LogP contribution is 2.43. The Morgan fingerprint density at radius 1 is 0.800 bits per heavy atom. The van der Waals surface area contributed by atoms with Gasteiger partial charge in [0.05, 0.1) is 0 Å². The van der Waals surface area contributed by atoms with Crippen molar-refractivity contribution in [3.8, 4) is 11.8 Å².